The molecule has 0 saturated carbocycles. The Hall–Kier alpha value is -1.86. The highest BCUT2D eigenvalue weighted by Gasteiger charge is 2.21. The highest BCUT2D eigenvalue weighted by atomic mass is 16.5. The van der Waals surface area contributed by atoms with Crippen LogP contribution in [0.2, 0.25) is 0 Å². The molecule has 0 radical (unpaired) electrons. The highest BCUT2D eigenvalue weighted by Crippen LogP contribution is 2.18. The molecule has 29 heavy (non-hydrogen) atoms. The molecule has 0 bridgehead atoms. The van der Waals surface area contributed by atoms with Gasteiger partial charge in [-0.05, 0) is 51.2 Å². The number of hydrogen-bond donors (Lipinski definition) is 2. The van der Waals surface area contributed by atoms with Gasteiger partial charge in [-0.15, -0.1) is 0 Å². The number of aromatic nitrogens is 1. The van der Waals surface area contributed by atoms with E-state index in [0.29, 0.717) is 12.0 Å². The zero-order chi connectivity index (χ0) is 20.3. The summed E-state index contributed by atoms with van der Waals surface area (Å²) < 4.78 is 11.1. The van der Waals surface area contributed by atoms with E-state index in [-0.39, 0.29) is 0 Å². The minimum atomic E-state index is 0.452. The monoisotopic (exact) mass is 403 g/mol. The lowest BCUT2D eigenvalue weighted by molar-refractivity contribution is 0.0893. The first kappa shape index (κ1) is 21.8. The molecule has 1 aromatic heterocycles. The standard InChI is InChI=1S/C22H37N5O2/c1-3-23-22(24-10-4-13-28-16-19-9-14-29-17-19)26-20-7-11-27(12-8-20)21-6-5-18(2)15-25-21/h5-6,15,19-20H,3-4,7-14,16-17H2,1-2H3,(H2,23,24,26). The van der Waals surface area contributed by atoms with E-state index in [9.17, 15) is 0 Å². The van der Waals surface area contributed by atoms with Crippen LogP contribution in [0.1, 0.15) is 38.2 Å². The van der Waals surface area contributed by atoms with E-state index in [1.807, 2.05) is 6.20 Å². The van der Waals surface area contributed by atoms with Crippen molar-refractivity contribution in [2.45, 2.75) is 45.6 Å². The molecule has 3 rings (SSSR count). The minimum Gasteiger partial charge on any atom is -0.381 e. The smallest absolute Gasteiger partial charge is 0.191 e. The van der Waals surface area contributed by atoms with Crippen molar-refractivity contribution in [1.29, 1.82) is 0 Å². The average molecular weight is 404 g/mol. The van der Waals surface area contributed by atoms with Crippen LogP contribution >= 0.6 is 0 Å². The normalized spacial score (nSPS) is 20.8. The summed E-state index contributed by atoms with van der Waals surface area (Å²) in [5.74, 6) is 2.58. The lowest BCUT2D eigenvalue weighted by atomic mass is 10.1. The third-order valence-corrected chi connectivity index (χ3v) is 5.49. The van der Waals surface area contributed by atoms with Crippen molar-refractivity contribution in [1.82, 2.24) is 15.6 Å². The largest absolute Gasteiger partial charge is 0.381 e. The van der Waals surface area contributed by atoms with Crippen molar-refractivity contribution < 1.29 is 9.47 Å². The van der Waals surface area contributed by atoms with E-state index in [1.165, 1.54) is 5.56 Å². The molecule has 7 heteroatoms. The van der Waals surface area contributed by atoms with Gasteiger partial charge in [0, 0.05) is 57.5 Å². The molecule has 1 unspecified atom stereocenters. The third kappa shape index (κ3) is 7.48. The number of pyridine rings is 1. The van der Waals surface area contributed by atoms with Crippen LogP contribution in [0.4, 0.5) is 5.82 Å². The fraction of sp³-hybridized carbons (Fsp3) is 0.727. The number of nitrogens with zero attached hydrogens (tertiary/aromatic N) is 3. The van der Waals surface area contributed by atoms with Crippen molar-refractivity contribution in [2.75, 3.05) is 57.5 Å². The molecule has 7 nitrogen and oxygen atoms in total. The number of aryl methyl sites for hydroxylation is 1. The maximum absolute atomic E-state index is 5.77. The second kappa shape index (κ2) is 12.0. The molecule has 1 atom stereocenters. The van der Waals surface area contributed by atoms with Crippen LogP contribution in [-0.4, -0.2) is 69.6 Å². The van der Waals surface area contributed by atoms with Crippen LogP contribution < -0.4 is 15.5 Å². The first-order valence-corrected chi connectivity index (χ1v) is 11.1. The molecule has 2 fully saturated rings. The number of hydrogen-bond acceptors (Lipinski definition) is 5. The molecule has 0 aromatic carbocycles. The number of aliphatic imine (C=N–C) groups is 1. The molecular formula is C22H37N5O2. The summed E-state index contributed by atoms with van der Waals surface area (Å²) in [6, 6.07) is 4.71. The van der Waals surface area contributed by atoms with Gasteiger partial charge in [0.15, 0.2) is 5.96 Å². The van der Waals surface area contributed by atoms with Gasteiger partial charge in [0.2, 0.25) is 0 Å². The molecule has 0 amide bonds. The quantitative estimate of drug-likeness (QED) is 0.375. The summed E-state index contributed by atoms with van der Waals surface area (Å²) >= 11 is 0. The summed E-state index contributed by atoms with van der Waals surface area (Å²) in [4.78, 5) is 11.7. The van der Waals surface area contributed by atoms with E-state index in [1.54, 1.807) is 0 Å². The number of ether oxygens (including phenoxy) is 2. The molecule has 2 N–H and O–H groups in total. The Morgan fingerprint density at radius 1 is 1.31 bits per heavy atom. The van der Waals surface area contributed by atoms with Gasteiger partial charge < -0.3 is 25.0 Å². The topological polar surface area (TPSA) is 71.0 Å². The van der Waals surface area contributed by atoms with Gasteiger partial charge in [-0.1, -0.05) is 6.07 Å². The number of anilines is 1. The maximum Gasteiger partial charge on any atom is 0.191 e. The summed E-state index contributed by atoms with van der Waals surface area (Å²) in [5.41, 5.74) is 1.20. The second-order valence-electron chi connectivity index (χ2n) is 8.02. The van der Waals surface area contributed by atoms with Gasteiger partial charge in [-0.25, -0.2) is 4.98 Å². The fourth-order valence-corrected chi connectivity index (χ4v) is 3.74. The van der Waals surface area contributed by atoms with E-state index < -0.39 is 0 Å². The van der Waals surface area contributed by atoms with Gasteiger partial charge in [-0.3, -0.25) is 4.99 Å². The Kier molecular flexibility index (Phi) is 9.02. The van der Waals surface area contributed by atoms with Crippen molar-refractivity contribution in [3.8, 4) is 0 Å². The fourth-order valence-electron chi connectivity index (χ4n) is 3.74. The Morgan fingerprint density at radius 3 is 2.86 bits per heavy atom. The summed E-state index contributed by atoms with van der Waals surface area (Å²) in [6.07, 6.45) is 6.20. The second-order valence-corrected chi connectivity index (χ2v) is 8.02. The maximum atomic E-state index is 5.77. The molecule has 162 valence electrons. The van der Waals surface area contributed by atoms with Crippen molar-refractivity contribution >= 4 is 11.8 Å². The molecular weight excluding hydrogens is 366 g/mol. The van der Waals surface area contributed by atoms with E-state index in [4.69, 9.17) is 14.5 Å². The lowest BCUT2D eigenvalue weighted by Gasteiger charge is -2.33. The van der Waals surface area contributed by atoms with Crippen LogP contribution in [0.5, 0.6) is 0 Å². The number of piperidine rings is 1. The molecule has 1 aromatic rings. The van der Waals surface area contributed by atoms with E-state index in [0.717, 1.165) is 90.1 Å². The van der Waals surface area contributed by atoms with Crippen LogP contribution in [-0.2, 0) is 9.47 Å². The molecule has 2 aliphatic rings. The third-order valence-electron chi connectivity index (χ3n) is 5.49. The van der Waals surface area contributed by atoms with Crippen molar-refractivity contribution in [3.63, 3.8) is 0 Å². The number of rotatable bonds is 9. The summed E-state index contributed by atoms with van der Waals surface area (Å²) in [7, 11) is 0. The molecule has 2 aliphatic heterocycles. The van der Waals surface area contributed by atoms with E-state index >= 15 is 0 Å². The van der Waals surface area contributed by atoms with Crippen molar-refractivity contribution in [3.05, 3.63) is 23.9 Å². The predicted molar refractivity (Wildman–Crippen MR) is 118 cm³/mol. The average Bonchev–Trinajstić information content (AvgIpc) is 3.25. The van der Waals surface area contributed by atoms with Gasteiger partial charge in [-0.2, -0.15) is 0 Å². The van der Waals surface area contributed by atoms with Gasteiger partial charge in [0.25, 0.3) is 0 Å². The predicted octanol–water partition coefficient (Wildman–Crippen LogP) is 2.36. The first-order chi connectivity index (χ1) is 14.2. The molecule has 3 heterocycles. The Labute approximate surface area is 175 Å². The molecule has 0 aliphatic carbocycles. The first-order valence-electron chi connectivity index (χ1n) is 11.1. The molecule has 2 saturated heterocycles. The van der Waals surface area contributed by atoms with Crippen LogP contribution in [0.3, 0.4) is 0 Å². The number of nitrogens with one attached hydrogen (secondary N) is 2. The van der Waals surface area contributed by atoms with Gasteiger partial charge in [0.1, 0.15) is 5.82 Å². The zero-order valence-electron chi connectivity index (χ0n) is 18.0. The zero-order valence-corrected chi connectivity index (χ0v) is 18.0. The molecule has 0 spiro atoms. The van der Waals surface area contributed by atoms with Gasteiger partial charge in [0.05, 0.1) is 13.2 Å². The summed E-state index contributed by atoms with van der Waals surface area (Å²) in [6.45, 7) is 11.2. The Bertz CT molecular complexity index is 608. The van der Waals surface area contributed by atoms with Crippen molar-refractivity contribution in [2.24, 2.45) is 10.9 Å². The minimum absolute atomic E-state index is 0.452. The SMILES string of the molecule is CCNC(=NCCCOCC1CCOC1)NC1CCN(c2ccc(C)cn2)CC1. The van der Waals surface area contributed by atoms with Crippen LogP contribution in [0, 0.1) is 12.8 Å². The van der Waals surface area contributed by atoms with Crippen LogP contribution in [0.15, 0.2) is 23.3 Å². The Morgan fingerprint density at radius 2 is 2.17 bits per heavy atom. The van der Waals surface area contributed by atoms with Crippen LogP contribution in [0.25, 0.3) is 0 Å². The lowest BCUT2D eigenvalue weighted by Crippen LogP contribution is -2.49. The van der Waals surface area contributed by atoms with Gasteiger partial charge >= 0.3 is 0 Å². The summed E-state index contributed by atoms with van der Waals surface area (Å²) in [5, 5.41) is 6.98. The Balaban J connectivity index is 1.35. The highest BCUT2D eigenvalue weighted by molar-refractivity contribution is 5.80. The van der Waals surface area contributed by atoms with E-state index in [2.05, 4.69) is 46.5 Å². The number of guanidine groups is 1.